The molecule has 0 aromatic heterocycles. The molecule has 0 radical (unpaired) electrons. The van der Waals surface area contributed by atoms with Crippen LogP contribution in [0, 0.1) is 11.8 Å². The highest BCUT2D eigenvalue weighted by Crippen LogP contribution is 2.33. The van der Waals surface area contributed by atoms with Gasteiger partial charge in [0.1, 0.15) is 12.7 Å². The van der Waals surface area contributed by atoms with Gasteiger partial charge in [-0.05, 0) is 38.5 Å². The Morgan fingerprint density at radius 2 is 1.43 bits per heavy atom. The number of rotatable bonds is 5. The van der Waals surface area contributed by atoms with E-state index in [2.05, 4.69) is 0 Å². The van der Waals surface area contributed by atoms with Gasteiger partial charge in [-0.3, -0.25) is 9.59 Å². The summed E-state index contributed by atoms with van der Waals surface area (Å²) in [6, 6.07) is 0. The molecular weight excluding hydrogens is 272 g/mol. The first-order chi connectivity index (χ1) is 10.2. The van der Waals surface area contributed by atoms with E-state index < -0.39 is 5.92 Å². The molecule has 5 nitrogen and oxygen atoms in total. The molecule has 0 bridgehead atoms. The van der Waals surface area contributed by atoms with Gasteiger partial charge in [0.15, 0.2) is 0 Å². The largest absolute Gasteiger partial charge is 0.463 e. The molecule has 1 N–H and O–H groups in total. The van der Waals surface area contributed by atoms with Crippen LogP contribution in [0.15, 0.2) is 0 Å². The van der Waals surface area contributed by atoms with Gasteiger partial charge in [-0.15, -0.1) is 0 Å². The number of hydrogen-bond donors (Lipinski definition) is 1. The topological polar surface area (TPSA) is 72.8 Å². The summed E-state index contributed by atoms with van der Waals surface area (Å²) in [6.07, 6.45) is 8.63. The fraction of sp³-hybridized carbons (Fsp3) is 0.875. The van der Waals surface area contributed by atoms with Crippen LogP contribution >= 0.6 is 0 Å². The summed E-state index contributed by atoms with van der Waals surface area (Å²) in [6.45, 7) is -0.185. The maximum Gasteiger partial charge on any atom is 0.310 e. The van der Waals surface area contributed by atoms with E-state index in [4.69, 9.17) is 14.6 Å². The van der Waals surface area contributed by atoms with Crippen LogP contribution in [0.1, 0.15) is 57.8 Å². The molecule has 5 heteroatoms. The number of ether oxygens (including phenoxy) is 2. The second-order valence-electron chi connectivity index (χ2n) is 6.09. The van der Waals surface area contributed by atoms with E-state index in [9.17, 15) is 9.59 Å². The highest BCUT2D eigenvalue weighted by Gasteiger charge is 2.38. The molecule has 0 aromatic carbocycles. The summed E-state index contributed by atoms with van der Waals surface area (Å²) in [5.41, 5.74) is 0. The first kappa shape index (κ1) is 16.3. The highest BCUT2D eigenvalue weighted by atomic mass is 16.5. The van der Waals surface area contributed by atoms with Crippen LogP contribution in [-0.2, 0) is 19.1 Å². The van der Waals surface area contributed by atoms with Gasteiger partial charge >= 0.3 is 11.9 Å². The SMILES string of the molecule is O=C(OCCO)C1CCCCC1C(=O)OC1CCCCC1. The maximum absolute atomic E-state index is 12.4. The molecule has 0 amide bonds. The Morgan fingerprint density at radius 3 is 2.05 bits per heavy atom. The number of esters is 2. The van der Waals surface area contributed by atoms with Gasteiger partial charge in [0.2, 0.25) is 0 Å². The zero-order valence-corrected chi connectivity index (χ0v) is 12.6. The van der Waals surface area contributed by atoms with Gasteiger partial charge in [0, 0.05) is 0 Å². The smallest absolute Gasteiger partial charge is 0.310 e. The van der Waals surface area contributed by atoms with Crippen molar-refractivity contribution in [3.8, 4) is 0 Å². The number of hydrogen-bond acceptors (Lipinski definition) is 5. The Bertz CT molecular complexity index is 349. The fourth-order valence-electron chi connectivity index (χ4n) is 3.38. The molecule has 2 aliphatic carbocycles. The van der Waals surface area contributed by atoms with Crippen LogP contribution in [0.4, 0.5) is 0 Å². The van der Waals surface area contributed by atoms with Gasteiger partial charge in [-0.25, -0.2) is 0 Å². The third kappa shape index (κ3) is 4.70. The minimum atomic E-state index is -0.401. The van der Waals surface area contributed by atoms with Crippen molar-refractivity contribution in [1.82, 2.24) is 0 Å². The van der Waals surface area contributed by atoms with Crippen molar-refractivity contribution in [2.24, 2.45) is 11.8 Å². The summed E-state index contributed by atoms with van der Waals surface area (Å²) in [7, 11) is 0. The van der Waals surface area contributed by atoms with Crippen molar-refractivity contribution in [3.05, 3.63) is 0 Å². The van der Waals surface area contributed by atoms with Crippen molar-refractivity contribution < 1.29 is 24.2 Å². The molecule has 2 atom stereocenters. The molecule has 2 unspecified atom stereocenters. The van der Waals surface area contributed by atoms with Crippen LogP contribution < -0.4 is 0 Å². The highest BCUT2D eigenvalue weighted by molar-refractivity contribution is 5.82. The van der Waals surface area contributed by atoms with Crippen molar-refractivity contribution in [1.29, 1.82) is 0 Å². The van der Waals surface area contributed by atoms with Gasteiger partial charge in [-0.1, -0.05) is 19.3 Å². The first-order valence-corrected chi connectivity index (χ1v) is 8.20. The molecule has 2 saturated carbocycles. The van der Waals surface area contributed by atoms with Crippen LogP contribution in [0.5, 0.6) is 0 Å². The third-order valence-corrected chi connectivity index (χ3v) is 4.54. The quantitative estimate of drug-likeness (QED) is 0.788. The summed E-state index contributed by atoms with van der Waals surface area (Å²) < 4.78 is 10.6. The van der Waals surface area contributed by atoms with Gasteiger partial charge < -0.3 is 14.6 Å². The van der Waals surface area contributed by atoms with E-state index in [0.717, 1.165) is 38.5 Å². The van der Waals surface area contributed by atoms with E-state index in [-0.39, 0.29) is 37.2 Å². The number of carbonyl (C=O) groups excluding carboxylic acids is 2. The Hall–Kier alpha value is -1.10. The molecule has 2 rings (SSSR count). The lowest BCUT2D eigenvalue weighted by Crippen LogP contribution is -2.37. The van der Waals surface area contributed by atoms with E-state index in [1.165, 1.54) is 6.42 Å². The third-order valence-electron chi connectivity index (χ3n) is 4.54. The first-order valence-electron chi connectivity index (χ1n) is 8.20. The number of carbonyl (C=O) groups is 2. The van der Waals surface area contributed by atoms with Crippen LogP contribution in [0.2, 0.25) is 0 Å². The monoisotopic (exact) mass is 298 g/mol. The lowest BCUT2D eigenvalue weighted by Gasteiger charge is -2.30. The Balaban J connectivity index is 1.90. The van der Waals surface area contributed by atoms with Crippen molar-refractivity contribution in [2.75, 3.05) is 13.2 Å². The second kappa shape index (κ2) is 8.37. The molecule has 0 saturated heterocycles. The second-order valence-corrected chi connectivity index (χ2v) is 6.09. The zero-order valence-electron chi connectivity index (χ0n) is 12.6. The average molecular weight is 298 g/mol. The Kier molecular flexibility index (Phi) is 6.49. The normalized spacial score (nSPS) is 27.1. The molecule has 0 spiro atoms. The summed E-state index contributed by atoms with van der Waals surface area (Å²) in [5.74, 6) is -1.37. The Morgan fingerprint density at radius 1 is 0.857 bits per heavy atom. The summed E-state index contributed by atoms with van der Waals surface area (Å²) >= 11 is 0. The number of aliphatic hydroxyl groups is 1. The van der Waals surface area contributed by atoms with Gasteiger partial charge in [0.05, 0.1) is 18.4 Å². The van der Waals surface area contributed by atoms with Gasteiger partial charge in [-0.2, -0.15) is 0 Å². The van der Waals surface area contributed by atoms with E-state index in [1.54, 1.807) is 0 Å². The molecule has 120 valence electrons. The Labute approximate surface area is 126 Å². The van der Waals surface area contributed by atoms with Crippen LogP contribution in [0.25, 0.3) is 0 Å². The van der Waals surface area contributed by atoms with Gasteiger partial charge in [0.25, 0.3) is 0 Å². The standard InChI is InChI=1S/C16H26O5/c17-10-11-20-15(18)13-8-4-5-9-14(13)16(19)21-12-6-2-1-3-7-12/h12-14,17H,1-11H2. The minimum Gasteiger partial charge on any atom is -0.463 e. The molecule has 21 heavy (non-hydrogen) atoms. The van der Waals surface area contributed by atoms with Crippen molar-refractivity contribution in [2.45, 2.75) is 63.9 Å². The molecule has 2 fully saturated rings. The van der Waals surface area contributed by atoms with Crippen LogP contribution in [-0.4, -0.2) is 36.4 Å². The maximum atomic E-state index is 12.4. The summed E-state index contributed by atoms with van der Waals surface area (Å²) in [4.78, 5) is 24.4. The molecule has 2 aliphatic rings. The molecule has 0 aromatic rings. The van der Waals surface area contributed by atoms with E-state index in [0.29, 0.717) is 12.8 Å². The predicted molar refractivity (Wildman–Crippen MR) is 76.5 cm³/mol. The van der Waals surface area contributed by atoms with E-state index in [1.807, 2.05) is 0 Å². The minimum absolute atomic E-state index is 0.000272. The zero-order chi connectivity index (χ0) is 15.1. The van der Waals surface area contributed by atoms with Crippen LogP contribution in [0.3, 0.4) is 0 Å². The lowest BCUT2D eigenvalue weighted by atomic mass is 9.79. The van der Waals surface area contributed by atoms with Crippen molar-refractivity contribution in [3.63, 3.8) is 0 Å². The van der Waals surface area contributed by atoms with E-state index >= 15 is 0 Å². The predicted octanol–water partition coefficient (Wildman–Crippen LogP) is 2.20. The van der Waals surface area contributed by atoms with Crippen molar-refractivity contribution >= 4 is 11.9 Å². The number of aliphatic hydroxyl groups excluding tert-OH is 1. The lowest BCUT2D eigenvalue weighted by molar-refractivity contribution is -0.167. The average Bonchev–Trinajstić information content (AvgIpc) is 2.53. The molecule has 0 aliphatic heterocycles. The molecule has 0 heterocycles. The fourth-order valence-corrected chi connectivity index (χ4v) is 3.38. The summed E-state index contributed by atoms with van der Waals surface area (Å²) in [5, 5.41) is 8.74. The molecular formula is C16H26O5.